The van der Waals surface area contributed by atoms with E-state index in [9.17, 15) is 14.4 Å². The number of rotatable bonds is 6. The van der Waals surface area contributed by atoms with Crippen LogP contribution in [-0.2, 0) is 17.8 Å². The van der Waals surface area contributed by atoms with Gasteiger partial charge in [-0.25, -0.2) is 4.98 Å². The maximum atomic E-state index is 13.6. The third-order valence-corrected chi connectivity index (χ3v) is 6.59. The summed E-state index contributed by atoms with van der Waals surface area (Å²) in [5.41, 5.74) is 4.78. The molecular weight excluding hydrogens is 498 g/mol. The summed E-state index contributed by atoms with van der Waals surface area (Å²) in [4.78, 5) is 49.1. The Balaban J connectivity index is 1.42. The molecule has 1 unspecified atom stereocenters. The van der Waals surface area contributed by atoms with Crippen molar-refractivity contribution in [2.45, 2.75) is 19.0 Å². The largest absolute Gasteiger partial charge is 0.323 e. The summed E-state index contributed by atoms with van der Waals surface area (Å²) in [5, 5.41) is 7.75. The lowest BCUT2D eigenvalue weighted by Gasteiger charge is -2.28. The Morgan fingerprint density at radius 3 is 2.64 bits per heavy atom. The summed E-state index contributed by atoms with van der Waals surface area (Å²) in [6.07, 6.45) is 1.91. The second-order valence-corrected chi connectivity index (χ2v) is 9.33. The van der Waals surface area contributed by atoms with Crippen LogP contribution in [0.15, 0.2) is 77.8 Å². The Labute approximate surface area is 216 Å². The van der Waals surface area contributed by atoms with Crippen molar-refractivity contribution >= 4 is 52.0 Å². The van der Waals surface area contributed by atoms with Gasteiger partial charge in [0.05, 0.1) is 16.8 Å². The average molecular weight is 518 g/mol. The smallest absolute Gasteiger partial charge is 0.275 e. The van der Waals surface area contributed by atoms with Crippen molar-refractivity contribution in [2.24, 2.45) is 0 Å². The zero-order chi connectivity index (χ0) is 25.1. The van der Waals surface area contributed by atoms with Crippen LogP contribution >= 0.6 is 22.9 Å². The number of halogens is 1. The molecule has 3 amide bonds. The number of nitrogens with zero attached hydrogens (tertiary/aromatic N) is 3. The van der Waals surface area contributed by atoms with E-state index >= 15 is 0 Å². The van der Waals surface area contributed by atoms with Crippen LogP contribution < -0.4 is 10.6 Å². The predicted molar refractivity (Wildman–Crippen MR) is 138 cm³/mol. The molecule has 2 N–H and O–H groups in total. The summed E-state index contributed by atoms with van der Waals surface area (Å²) >= 11 is 7.47. The molecule has 180 valence electrons. The minimum Gasteiger partial charge on any atom is -0.323 e. The van der Waals surface area contributed by atoms with Gasteiger partial charge in [0.1, 0.15) is 11.7 Å². The number of carbonyl (C=O) groups excluding carboxylic acids is 3. The molecule has 10 heteroatoms. The van der Waals surface area contributed by atoms with Gasteiger partial charge in [-0.2, -0.15) is 0 Å². The normalized spacial score (nSPS) is 15.1. The first-order chi connectivity index (χ1) is 17.5. The summed E-state index contributed by atoms with van der Waals surface area (Å²) < 4.78 is 0. The van der Waals surface area contributed by atoms with Gasteiger partial charge in [-0.3, -0.25) is 19.4 Å². The van der Waals surface area contributed by atoms with E-state index in [2.05, 4.69) is 20.6 Å². The molecule has 0 radical (unpaired) electrons. The van der Waals surface area contributed by atoms with E-state index in [4.69, 9.17) is 11.6 Å². The zero-order valence-corrected chi connectivity index (χ0v) is 20.4. The fourth-order valence-electron chi connectivity index (χ4n) is 3.97. The number of hydrogen-bond acceptors (Lipinski definition) is 6. The molecular formula is C26H20ClN5O3S. The minimum atomic E-state index is -0.789. The van der Waals surface area contributed by atoms with Crippen LogP contribution in [0.2, 0.25) is 5.02 Å². The molecule has 36 heavy (non-hydrogen) atoms. The molecule has 0 fully saturated rings. The van der Waals surface area contributed by atoms with Crippen LogP contribution in [0, 0.1) is 0 Å². The molecule has 0 bridgehead atoms. The Hall–Kier alpha value is -4.08. The first kappa shape index (κ1) is 23.7. The molecule has 0 aliphatic carbocycles. The fourth-order valence-corrected chi connectivity index (χ4v) is 4.68. The SMILES string of the molecule is O=C(Nc1ccc(CN2C(=O)c3ccc(Cl)cc3NC(=O)C2Cc2ccccn2)cc1)c1cscn1. The van der Waals surface area contributed by atoms with Gasteiger partial charge in [-0.15, -0.1) is 11.3 Å². The molecule has 0 spiro atoms. The third-order valence-electron chi connectivity index (χ3n) is 5.77. The molecule has 1 aliphatic heterocycles. The van der Waals surface area contributed by atoms with Gasteiger partial charge < -0.3 is 15.5 Å². The molecule has 0 saturated heterocycles. The van der Waals surface area contributed by atoms with Gasteiger partial charge in [0.15, 0.2) is 0 Å². The molecule has 5 rings (SSSR count). The summed E-state index contributed by atoms with van der Waals surface area (Å²) in [6.45, 7) is 0.187. The van der Waals surface area contributed by atoms with Gasteiger partial charge in [0.25, 0.3) is 11.8 Å². The highest BCUT2D eigenvalue weighted by molar-refractivity contribution is 7.07. The fraction of sp³-hybridized carbons (Fsp3) is 0.115. The monoisotopic (exact) mass is 517 g/mol. The van der Waals surface area contributed by atoms with Gasteiger partial charge >= 0.3 is 0 Å². The number of pyridine rings is 1. The van der Waals surface area contributed by atoms with Crippen LogP contribution in [0.5, 0.6) is 0 Å². The maximum Gasteiger partial charge on any atom is 0.275 e. The highest BCUT2D eigenvalue weighted by Gasteiger charge is 2.35. The molecule has 3 heterocycles. The summed E-state index contributed by atoms with van der Waals surface area (Å²) in [7, 11) is 0. The van der Waals surface area contributed by atoms with Crippen LogP contribution in [0.25, 0.3) is 0 Å². The first-order valence-electron chi connectivity index (χ1n) is 11.1. The number of amides is 3. The van der Waals surface area contributed by atoms with Crippen molar-refractivity contribution in [3.05, 3.63) is 105 Å². The van der Waals surface area contributed by atoms with Crippen molar-refractivity contribution in [2.75, 3.05) is 10.6 Å². The first-order valence-corrected chi connectivity index (χ1v) is 12.4. The number of thiazole rings is 1. The number of nitrogens with one attached hydrogen (secondary N) is 2. The van der Waals surface area contributed by atoms with Gasteiger partial charge in [-0.1, -0.05) is 29.8 Å². The van der Waals surface area contributed by atoms with Crippen molar-refractivity contribution in [1.29, 1.82) is 0 Å². The summed E-state index contributed by atoms with van der Waals surface area (Å²) in [5.74, 6) is -0.905. The van der Waals surface area contributed by atoms with Gasteiger partial charge in [0.2, 0.25) is 5.91 Å². The maximum absolute atomic E-state index is 13.6. The Bertz CT molecular complexity index is 1410. The van der Waals surface area contributed by atoms with Crippen molar-refractivity contribution in [3.63, 3.8) is 0 Å². The Morgan fingerprint density at radius 2 is 1.92 bits per heavy atom. The lowest BCUT2D eigenvalue weighted by molar-refractivity contribution is -0.120. The van der Waals surface area contributed by atoms with Crippen molar-refractivity contribution < 1.29 is 14.4 Å². The van der Waals surface area contributed by atoms with E-state index in [-0.39, 0.29) is 30.7 Å². The van der Waals surface area contributed by atoms with E-state index in [1.807, 2.05) is 24.3 Å². The van der Waals surface area contributed by atoms with Crippen LogP contribution in [0.1, 0.15) is 32.1 Å². The summed E-state index contributed by atoms with van der Waals surface area (Å²) in [6, 6.07) is 16.6. The van der Waals surface area contributed by atoms with Crippen LogP contribution in [0.4, 0.5) is 11.4 Å². The van der Waals surface area contributed by atoms with E-state index in [0.29, 0.717) is 33.3 Å². The van der Waals surface area contributed by atoms with Crippen molar-refractivity contribution in [3.8, 4) is 0 Å². The van der Waals surface area contributed by atoms with E-state index < -0.39 is 6.04 Å². The average Bonchev–Trinajstić information content (AvgIpc) is 3.40. The molecule has 4 aromatic rings. The Kier molecular flexibility index (Phi) is 6.75. The topological polar surface area (TPSA) is 104 Å². The number of hydrogen-bond donors (Lipinski definition) is 2. The van der Waals surface area contributed by atoms with E-state index in [1.165, 1.54) is 11.3 Å². The van der Waals surface area contributed by atoms with Crippen LogP contribution in [0.3, 0.4) is 0 Å². The third kappa shape index (κ3) is 5.12. The molecule has 2 aromatic carbocycles. The molecule has 1 aliphatic rings. The standard InChI is InChI=1S/C26H20ClN5O3S/c27-17-6-9-20-21(11-17)31-25(34)23(12-19-3-1-2-10-28-19)32(26(20)35)13-16-4-7-18(8-5-16)30-24(33)22-14-36-15-29-22/h1-11,14-15,23H,12-13H2,(H,30,33)(H,31,34). The number of benzene rings is 2. The molecule has 1 atom stereocenters. The number of carbonyl (C=O) groups is 3. The highest BCUT2D eigenvalue weighted by atomic mass is 35.5. The van der Waals surface area contributed by atoms with Crippen molar-refractivity contribution in [1.82, 2.24) is 14.9 Å². The number of fused-ring (bicyclic) bond motifs is 1. The second kappa shape index (κ2) is 10.3. The lowest BCUT2D eigenvalue weighted by atomic mass is 10.1. The second-order valence-electron chi connectivity index (χ2n) is 8.18. The molecule has 8 nitrogen and oxygen atoms in total. The van der Waals surface area contributed by atoms with Gasteiger partial charge in [0, 0.05) is 40.9 Å². The minimum absolute atomic E-state index is 0.187. The lowest BCUT2D eigenvalue weighted by Crippen LogP contribution is -2.46. The van der Waals surface area contributed by atoms with Gasteiger partial charge in [-0.05, 0) is 48.0 Å². The molecule has 0 saturated carbocycles. The Morgan fingerprint density at radius 1 is 1.08 bits per heavy atom. The number of aromatic nitrogens is 2. The zero-order valence-electron chi connectivity index (χ0n) is 18.8. The highest BCUT2D eigenvalue weighted by Crippen LogP contribution is 2.29. The molecule has 2 aromatic heterocycles. The predicted octanol–water partition coefficient (Wildman–Crippen LogP) is 4.65. The van der Waals surface area contributed by atoms with E-state index in [0.717, 1.165) is 5.56 Å². The van der Waals surface area contributed by atoms with E-state index in [1.54, 1.807) is 58.4 Å². The number of anilines is 2. The quantitative estimate of drug-likeness (QED) is 0.387. The van der Waals surface area contributed by atoms with Crippen LogP contribution in [-0.4, -0.2) is 38.6 Å².